The summed E-state index contributed by atoms with van der Waals surface area (Å²) in [4.78, 5) is 12.7. The second kappa shape index (κ2) is 10.1. The molecule has 3 aromatic rings. The summed E-state index contributed by atoms with van der Waals surface area (Å²) in [6.07, 6.45) is 0. The predicted molar refractivity (Wildman–Crippen MR) is 122 cm³/mol. The molecule has 0 saturated heterocycles. The van der Waals surface area contributed by atoms with Crippen LogP contribution in [0.2, 0.25) is 0 Å². The summed E-state index contributed by atoms with van der Waals surface area (Å²) in [5, 5.41) is 2.77. The number of methoxy groups -OCH3 is 2. The van der Waals surface area contributed by atoms with Crippen LogP contribution in [0.1, 0.15) is 17.3 Å². The van der Waals surface area contributed by atoms with E-state index in [-0.39, 0.29) is 10.8 Å². The highest BCUT2D eigenvalue weighted by Gasteiger charge is 2.15. The minimum atomic E-state index is -3.78. The summed E-state index contributed by atoms with van der Waals surface area (Å²) in [6.45, 7) is 2.35. The van der Waals surface area contributed by atoms with Crippen LogP contribution in [0, 0.1) is 0 Å². The van der Waals surface area contributed by atoms with E-state index in [9.17, 15) is 13.2 Å². The van der Waals surface area contributed by atoms with Gasteiger partial charge in [0.1, 0.15) is 17.2 Å². The molecule has 3 rings (SSSR count). The normalized spacial score (nSPS) is 10.8. The molecule has 0 spiro atoms. The van der Waals surface area contributed by atoms with E-state index in [0.29, 0.717) is 40.8 Å². The van der Waals surface area contributed by atoms with Gasteiger partial charge in [-0.3, -0.25) is 9.52 Å². The van der Waals surface area contributed by atoms with Crippen molar-refractivity contribution in [2.24, 2.45) is 0 Å². The Labute approximate surface area is 187 Å². The van der Waals surface area contributed by atoms with Crippen molar-refractivity contribution in [1.82, 2.24) is 0 Å². The van der Waals surface area contributed by atoms with Crippen LogP contribution in [0.5, 0.6) is 17.2 Å². The molecule has 0 atom stereocenters. The van der Waals surface area contributed by atoms with E-state index in [4.69, 9.17) is 14.2 Å². The molecule has 0 heterocycles. The monoisotopic (exact) mass is 456 g/mol. The Hall–Kier alpha value is -3.72. The van der Waals surface area contributed by atoms with Gasteiger partial charge >= 0.3 is 0 Å². The van der Waals surface area contributed by atoms with E-state index in [1.54, 1.807) is 30.3 Å². The van der Waals surface area contributed by atoms with E-state index in [2.05, 4.69) is 10.0 Å². The van der Waals surface area contributed by atoms with Gasteiger partial charge in [0.05, 0.1) is 25.7 Å². The van der Waals surface area contributed by atoms with Crippen molar-refractivity contribution in [2.45, 2.75) is 11.8 Å². The maximum absolute atomic E-state index is 12.6. The molecule has 32 heavy (non-hydrogen) atoms. The molecule has 0 fully saturated rings. The quantitative estimate of drug-likeness (QED) is 0.501. The lowest BCUT2D eigenvalue weighted by atomic mass is 10.2. The van der Waals surface area contributed by atoms with Crippen LogP contribution >= 0.6 is 0 Å². The zero-order valence-corrected chi connectivity index (χ0v) is 18.7. The van der Waals surface area contributed by atoms with Crippen molar-refractivity contribution in [1.29, 1.82) is 0 Å². The fraction of sp³-hybridized carbons (Fsp3) is 0.174. The molecule has 3 aromatic carbocycles. The molecule has 8 nitrogen and oxygen atoms in total. The number of nitrogens with one attached hydrogen (secondary N) is 2. The fourth-order valence-electron chi connectivity index (χ4n) is 2.87. The molecule has 9 heteroatoms. The molecule has 0 aliphatic heterocycles. The van der Waals surface area contributed by atoms with Crippen molar-refractivity contribution in [2.75, 3.05) is 30.9 Å². The van der Waals surface area contributed by atoms with Crippen LogP contribution in [-0.4, -0.2) is 35.2 Å². The van der Waals surface area contributed by atoms with Gasteiger partial charge in [0.15, 0.2) is 0 Å². The molecule has 2 N–H and O–H groups in total. The van der Waals surface area contributed by atoms with E-state index in [0.717, 1.165) is 0 Å². The van der Waals surface area contributed by atoms with Crippen LogP contribution in [0.15, 0.2) is 71.6 Å². The lowest BCUT2D eigenvalue weighted by Crippen LogP contribution is -2.14. The van der Waals surface area contributed by atoms with E-state index in [1.165, 1.54) is 50.6 Å². The maximum atomic E-state index is 12.6. The second-order valence-corrected chi connectivity index (χ2v) is 8.33. The lowest BCUT2D eigenvalue weighted by molar-refractivity contribution is 0.102. The van der Waals surface area contributed by atoms with Crippen LogP contribution in [0.3, 0.4) is 0 Å². The highest BCUT2D eigenvalue weighted by Crippen LogP contribution is 2.26. The number of benzene rings is 3. The fourth-order valence-corrected chi connectivity index (χ4v) is 3.93. The summed E-state index contributed by atoms with van der Waals surface area (Å²) in [6, 6.07) is 17.3. The number of carbonyl (C=O) groups excluding carboxylic acids is 1. The molecule has 0 radical (unpaired) electrons. The number of rotatable bonds is 9. The first kappa shape index (κ1) is 23.0. The molecule has 168 valence electrons. The summed E-state index contributed by atoms with van der Waals surface area (Å²) in [5.41, 5.74) is 1.20. The summed E-state index contributed by atoms with van der Waals surface area (Å²) < 4.78 is 43.4. The maximum Gasteiger partial charge on any atom is 0.261 e. The Morgan fingerprint density at radius 3 is 1.94 bits per heavy atom. The van der Waals surface area contributed by atoms with Gasteiger partial charge in [0.25, 0.3) is 15.9 Å². The number of carbonyl (C=O) groups is 1. The Morgan fingerprint density at radius 2 is 1.41 bits per heavy atom. The first-order valence-electron chi connectivity index (χ1n) is 9.75. The molecule has 0 unspecified atom stereocenters. The first-order valence-corrected chi connectivity index (χ1v) is 11.2. The van der Waals surface area contributed by atoms with E-state index < -0.39 is 10.0 Å². The summed E-state index contributed by atoms with van der Waals surface area (Å²) in [5.74, 6) is 1.31. The highest BCUT2D eigenvalue weighted by atomic mass is 32.2. The minimum absolute atomic E-state index is 0.106. The van der Waals surface area contributed by atoms with Crippen LogP contribution in [-0.2, 0) is 10.0 Å². The van der Waals surface area contributed by atoms with Crippen molar-refractivity contribution < 1.29 is 27.4 Å². The van der Waals surface area contributed by atoms with Crippen LogP contribution in [0.4, 0.5) is 11.4 Å². The van der Waals surface area contributed by atoms with Gasteiger partial charge in [-0.2, -0.15) is 0 Å². The van der Waals surface area contributed by atoms with Crippen LogP contribution < -0.4 is 24.2 Å². The summed E-state index contributed by atoms with van der Waals surface area (Å²) in [7, 11) is -0.733. The zero-order chi connectivity index (χ0) is 23.1. The number of ether oxygens (including phenoxy) is 3. The first-order chi connectivity index (χ1) is 15.3. The minimum Gasteiger partial charge on any atom is -0.497 e. The van der Waals surface area contributed by atoms with Crippen molar-refractivity contribution in [3.8, 4) is 17.2 Å². The van der Waals surface area contributed by atoms with Gasteiger partial charge in [-0.25, -0.2) is 8.42 Å². The second-order valence-electron chi connectivity index (χ2n) is 6.64. The molecular weight excluding hydrogens is 432 g/mol. The molecule has 0 aromatic heterocycles. The van der Waals surface area contributed by atoms with E-state index >= 15 is 0 Å². The average Bonchev–Trinajstić information content (AvgIpc) is 2.79. The van der Waals surface area contributed by atoms with Gasteiger partial charge in [-0.15, -0.1) is 0 Å². The SMILES string of the molecule is CCOc1ccc(S(=O)(=O)Nc2ccc(C(=O)Nc3cc(OC)cc(OC)c3)cc2)cc1. The molecule has 0 saturated carbocycles. The number of hydrogen-bond acceptors (Lipinski definition) is 6. The molecule has 0 aliphatic rings. The highest BCUT2D eigenvalue weighted by molar-refractivity contribution is 7.92. The van der Waals surface area contributed by atoms with Crippen molar-refractivity contribution >= 4 is 27.3 Å². The van der Waals surface area contributed by atoms with Gasteiger partial charge in [-0.1, -0.05) is 0 Å². The largest absolute Gasteiger partial charge is 0.497 e. The zero-order valence-electron chi connectivity index (χ0n) is 17.9. The van der Waals surface area contributed by atoms with Crippen molar-refractivity contribution in [3.05, 3.63) is 72.3 Å². The number of amides is 1. The third kappa shape index (κ3) is 5.70. The number of sulfonamides is 1. The molecule has 1 amide bonds. The number of hydrogen-bond donors (Lipinski definition) is 2. The number of anilines is 2. The van der Waals surface area contributed by atoms with Gasteiger partial charge in [0.2, 0.25) is 0 Å². The summed E-state index contributed by atoms with van der Waals surface area (Å²) >= 11 is 0. The van der Waals surface area contributed by atoms with Gasteiger partial charge in [-0.05, 0) is 55.5 Å². The molecular formula is C23H24N2O6S. The lowest BCUT2D eigenvalue weighted by Gasteiger charge is -2.11. The third-order valence-corrected chi connectivity index (χ3v) is 5.85. The average molecular weight is 457 g/mol. The predicted octanol–water partition coefficient (Wildman–Crippen LogP) is 4.16. The Bertz CT molecular complexity index is 1150. The Kier molecular flexibility index (Phi) is 7.21. The van der Waals surface area contributed by atoms with Crippen molar-refractivity contribution in [3.63, 3.8) is 0 Å². The smallest absolute Gasteiger partial charge is 0.261 e. The standard InChI is InChI=1S/C23H24N2O6S/c1-4-31-19-9-11-22(12-10-19)32(27,28)25-17-7-5-16(6-8-17)23(26)24-18-13-20(29-2)15-21(14-18)30-3/h5-15,25H,4H2,1-3H3,(H,24,26). The third-order valence-electron chi connectivity index (χ3n) is 4.45. The van der Waals surface area contributed by atoms with Crippen LogP contribution in [0.25, 0.3) is 0 Å². The van der Waals surface area contributed by atoms with Gasteiger partial charge < -0.3 is 19.5 Å². The van der Waals surface area contributed by atoms with Gasteiger partial charge in [0, 0.05) is 35.1 Å². The molecule has 0 bridgehead atoms. The topological polar surface area (TPSA) is 103 Å². The van der Waals surface area contributed by atoms with E-state index in [1.807, 2.05) is 6.92 Å². The molecule has 0 aliphatic carbocycles. The Morgan fingerprint density at radius 1 is 0.812 bits per heavy atom. The Balaban J connectivity index is 1.69.